The molecule has 41 heavy (non-hydrogen) atoms. The van der Waals surface area contributed by atoms with E-state index in [1.165, 1.54) is 6.08 Å². The van der Waals surface area contributed by atoms with Crippen LogP contribution in [0, 0.1) is 20.8 Å². The number of benzene rings is 4. The highest BCUT2D eigenvalue weighted by molar-refractivity contribution is 9.10. The van der Waals surface area contributed by atoms with Crippen LogP contribution >= 0.6 is 15.9 Å². The largest absolute Gasteiger partial charge is 0.490 e. The molecule has 0 radical (unpaired) electrons. The molecule has 5 rings (SSSR count). The van der Waals surface area contributed by atoms with Crippen molar-refractivity contribution >= 4 is 56.3 Å². The van der Waals surface area contributed by atoms with Crippen LogP contribution in [0.15, 0.2) is 76.8 Å². The minimum Gasteiger partial charge on any atom is -0.490 e. The number of halogens is 1. The number of imide groups is 2. The maximum absolute atomic E-state index is 13.5. The van der Waals surface area contributed by atoms with E-state index in [4.69, 9.17) is 9.47 Å². The summed E-state index contributed by atoms with van der Waals surface area (Å²) < 4.78 is 12.8. The molecule has 4 aromatic rings. The first kappa shape index (κ1) is 28.1. The normalized spacial score (nSPS) is 14.5. The summed E-state index contributed by atoms with van der Waals surface area (Å²) in [6.45, 7) is 8.34. The quantitative estimate of drug-likeness (QED) is 0.177. The van der Waals surface area contributed by atoms with Gasteiger partial charge in [0.15, 0.2) is 11.5 Å². The number of nitrogens with one attached hydrogen (secondary N) is 1. The number of fused-ring (bicyclic) bond motifs is 1. The molecule has 8 heteroatoms. The Morgan fingerprint density at radius 3 is 2.46 bits per heavy atom. The van der Waals surface area contributed by atoms with Crippen LogP contribution in [-0.4, -0.2) is 24.5 Å². The highest BCUT2D eigenvalue weighted by atomic mass is 79.9. The van der Waals surface area contributed by atoms with Gasteiger partial charge < -0.3 is 9.47 Å². The Bertz CT molecular complexity index is 1740. The van der Waals surface area contributed by atoms with Crippen LogP contribution in [0.5, 0.6) is 11.5 Å². The van der Waals surface area contributed by atoms with Crippen molar-refractivity contribution in [2.75, 3.05) is 11.5 Å². The second-order valence-corrected chi connectivity index (χ2v) is 10.7. The lowest BCUT2D eigenvalue weighted by atomic mass is 10.0. The van der Waals surface area contributed by atoms with E-state index in [-0.39, 0.29) is 5.57 Å². The molecule has 1 aliphatic rings. The highest BCUT2D eigenvalue weighted by Crippen LogP contribution is 2.39. The van der Waals surface area contributed by atoms with Crippen LogP contribution in [-0.2, 0) is 16.2 Å². The summed E-state index contributed by atoms with van der Waals surface area (Å²) in [5.41, 5.74) is 4.67. The Hall–Kier alpha value is -4.43. The lowest BCUT2D eigenvalue weighted by Crippen LogP contribution is -2.54. The molecule has 4 aromatic carbocycles. The molecule has 1 saturated heterocycles. The van der Waals surface area contributed by atoms with Gasteiger partial charge in [-0.15, -0.1) is 0 Å². The third-order valence-electron chi connectivity index (χ3n) is 7.20. The molecule has 0 unspecified atom stereocenters. The molecule has 1 fully saturated rings. The average Bonchev–Trinajstić information content (AvgIpc) is 2.94. The Balaban J connectivity index is 1.49. The summed E-state index contributed by atoms with van der Waals surface area (Å²) in [7, 11) is 0. The number of hydrogen-bond donors (Lipinski definition) is 1. The summed E-state index contributed by atoms with van der Waals surface area (Å²) in [5.74, 6) is -0.499. The number of aryl methyl sites for hydroxylation is 2. The first-order chi connectivity index (χ1) is 19.7. The maximum atomic E-state index is 13.5. The Labute approximate surface area is 246 Å². The van der Waals surface area contributed by atoms with E-state index >= 15 is 0 Å². The van der Waals surface area contributed by atoms with E-state index in [1.54, 1.807) is 24.3 Å². The molecular formula is C33H29BrN2O5. The molecule has 0 atom stereocenters. The van der Waals surface area contributed by atoms with Crippen molar-refractivity contribution in [3.05, 3.63) is 105 Å². The first-order valence-electron chi connectivity index (χ1n) is 13.2. The highest BCUT2D eigenvalue weighted by Gasteiger charge is 2.37. The van der Waals surface area contributed by atoms with Crippen LogP contribution in [0.1, 0.15) is 34.7 Å². The van der Waals surface area contributed by atoms with Gasteiger partial charge >= 0.3 is 6.03 Å². The monoisotopic (exact) mass is 612 g/mol. The molecule has 7 nitrogen and oxygen atoms in total. The number of barbiturate groups is 1. The van der Waals surface area contributed by atoms with Crippen molar-refractivity contribution in [2.24, 2.45) is 0 Å². The summed E-state index contributed by atoms with van der Waals surface area (Å²) in [5, 5.41) is 4.54. The number of urea groups is 1. The minimum absolute atomic E-state index is 0.167. The zero-order chi connectivity index (χ0) is 29.3. The predicted molar refractivity (Wildman–Crippen MR) is 163 cm³/mol. The molecule has 1 heterocycles. The molecule has 0 aliphatic carbocycles. The van der Waals surface area contributed by atoms with Gasteiger partial charge in [-0.1, -0.05) is 48.5 Å². The molecule has 1 N–H and O–H groups in total. The van der Waals surface area contributed by atoms with Crippen molar-refractivity contribution in [3.8, 4) is 11.5 Å². The predicted octanol–water partition coefficient (Wildman–Crippen LogP) is 7.17. The maximum Gasteiger partial charge on any atom is 0.335 e. The summed E-state index contributed by atoms with van der Waals surface area (Å²) in [6, 6.07) is 20.4. The van der Waals surface area contributed by atoms with Crippen LogP contribution in [0.3, 0.4) is 0 Å². The number of carbonyl (C=O) groups is 3. The van der Waals surface area contributed by atoms with Gasteiger partial charge in [0.1, 0.15) is 12.2 Å². The smallest absolute Gasteiger partial charge is 0.335 e. The molecule has 4 amide bonds. The van der Waals surface area contributed by atoms with Gasteiger partial charge in [0.25, 0.3) is 11.8 Å². The second kappa shape index (κ2) is 11.6. The van der Waals surface area contributed by atoms with Gasteiger partial charge in [-0.05, 0) is 101 Å². The average molecular weight is 614 g/mol. The van der Waals surface area contributed by atoms with E-state index in [1.807, 2.05) is 39.0 Å². The summed E-state index contributed by atoms with van der Waals surface area (Å²) >= 11 is 3.60. The van der Waals surface area contributed by atoms with E-state index in [9.17, 15) is 14.4 Å². The van der Waals surface area contributed by atoms with Gasteiger partial charge in [0.2, 0.25) is 0 Å². The van der Waals surface area contributed by atoms with Gasteiger partial charge in [-0.25, -0.2) is 9.69 Å². The molecule has 0 spiro atoms. The minimum atomic E-state index is -0.783. The van der Waals surface area contributed by atoms with Crippen molar-refractivity contribution in [3.63, 3.8) is 0 Å². The fourth-order valence-corrected chi connectivity index (χ4v) is 5.45. The zero-order valence-electron chi connectivity index (χ0n) is 23.2. The third kappa shape index (κ3) is 5.47. The SMILES string of the molecule is CCOc1cc(/C=C2\C(=O)NC(=O)N(c3cccc(C)c3C)C2=O)cc(Br)c1OCc1c(C)ccc2ccccc12. The lowest BCUT2D eigenvalue weighted by molar-refractivity contribution is -0.122. The molecule has 1 aliphatic heterocycles. The Morgan fingerprint density at radius 1 is 0.902 bits per heavy atom. The number of ether oxygens (including phenoxy) is 2. The standard InChI is InChI=1S/C33H29BrN2O5/c1-5-40-29-17-22(15-25-31(37)35-33(39)36(32(25)38)28-12-8-9-19(2)21(28)4)16-27(34)30(29)41-18-26-20(3)13-14-23-10-6-7-11-24(23)26/h6-17H,5,18H2,1-4H3,(H,35,37,39)/b25-15+. The molecule has 0 bridgehead atoms. The number of hydrogen-bond acceptors (Lipinski definition) is 5. The van der Waals surface area contributed by atoms with Crippen LogP contribution in [0.4, 0.5) is 10.5 Å². The molecule has 208 valence electrons. The first-order valence-corrected chi connectivity index (χ1v) is 14.0. The van der Waals surface area contributed by atoms with Gasteiger partial charge in [-0.3, -0.25) is 14.9 Å². The van der Waals surface area contributed by atoms with E-state index < -0.39 is 17.8 Å². The number of rotatable bonds is 7. The van der Waals surface area contributed by atoms with Gasteiger partial charge in [0, 0.05) is 5.56 Å². The van der Waals surface area contributed by atoms with Crippen LogP contribution in [0.2, 0.25) is 0 Å². The van der Waals surface area contributed by atoms with Crippen molar-refractivity contribution < 1.29 is 23.9 Å². The van der Waals surface area contributed by atoms with Crippen molar-refractivity contribution in [1.82, 2.24) is 5.32 Å². The Morgan fingerprint density at radius 2 is 1.68 bits per heavy atom. The molecule has 0 saturated carbocycles. The molecular weight excluding hydrogens is 584 g/mol. The zero-order valence-corrected chi connectivity index (χ0v) is 24.8. The Kier molecular flexibility index (Phi) is 7.94. The number of nitrogens with zero attached hydrogens (tertiary/aromatic N) is 1. The van der Waals surface area contributed by atoms with Crippen LogP contribution in [0.25, 0.3) is 16.8 Å². The second-order valence-electron chi connectivity index (χ2n) is 9.81. The third-order valence-corrected chi connectivity index (χ3v) is 7.79. The van der Waals surface area contributed by atoms with Crippen molar-refractivity contribution in [1.29, 1.82) is 0 Å². The summed E-state index contributed by atoms with van der Waals surface area (Å²) in [6.07, 6.45) is 1.45. The van der Waals surface area contributed by atoms with Gasteiger partial charge in [-0.2, -0.15) is 0 Å². The van der Waals surface area contributed by atoms with E-state index in [0.717, 1.165) is 37.9 Å². The fraction of sp³-hybridized carbons (Fsp3) is 0.182. The number of amides is 4. The van der Waals surface area contributed by atoms with Crippen LogP contribution < -0.4 is 19.7 Å². The number of carbonyl (C=O) groups excluding carboxylic acids is 3. The lowest BCUT2D eigenvalue weighted by Gasteiger charge is -2.28. The van der Waals surface area contributed by atoms with Gasteiger partial charge in [0.05, 0.1) is 16.8 Å². The van der Waals surface area contributed by atoms with E-state index in [2.05, 4.69) is 52.4 Å². The number of anilines is 1. The topological polar surface area (TPSA) is 84.9 Å². The molecule has 0 aromatic heterocycles. The fourth-order valence-electron chi connectivity index (χ4n) is 4.88. The van der Waals surface area contributed by atoms with E-state index in [0.29, 0.717) is 40.4 Å². The van der Waals surface area contributed by atoms with Crippen molar-refractivity contribution in [2.45, 2.75) is 34.3 Å². The summed E-state index contributed by atoms with van der Waals surface area (Å²) in [4.78, 5) is 40.0.